The molecule has 2 heteroatoms. The smallest absolute Gasteiger partial charge is 0.0368 e. The molecule has 0 saturated heterocycles. The van der Waals surface area contributed by atoms with Crippen molar-refractivity contribution in [3.63, 3.8) is 0 Å². The fourth-order valence-electron chi connectivity index (χ4n) is 3.48. The standard InChI is InChI=1S/C19H32N2/c1-4-15-20-16(3)17-11-13-19(14-12-17)21(5-2)18-9-7-6-8-10-18/h11-14,16,18,20H,4-10,15H2,1-3H3. The number of rotatable bonds is 7. The van der Waals surface area contributed by atoms with Gasteiger partial charge in [-0.1, -0.05) is 38.3 Å². The number of nitrogens with one attached hydrogen (secondary N) is 1. The Morgan fingerprint density at radius 3 is 2.33 bits per heavy atom. The molecule has 21 heavy (non-hydrogen) atoms. The first-order valence-corrected chi connectivity index (χ1v) is 8.86. The molecule has 0 amide bonds. The molecule has 1 aliphatic carbocycles. The van der Waals surface area contributed by atoms with Crippen LogP contribution < -0.4 is 10.2 Å². The number of benzene rings is 1. The van der Waals surface area contributed by atoms with Crippen molar-refractivity contribution in [3.05, 3.63) is 29.8 Å². The van der Waals surface area contributed by atoms with Gasteiger partial charge in [0.15, 0.2) is 0 Å². The van der Waals surface area contributed by atoms with E-state index in [1.54, 1.807) is 0 Å². The predicted octanol–water partition coefficient (Wildman–Crippen LogP) is 4.91. The minimum absolute atomic E-state index is 0.448. The molecule has 0 radical (unpaired) electrons. The second-order valence-electron chi connectivity index (χ2n) is 6.35. The lowest BCUT2D eigenvalue weighted by Crippen LogP contribution is -2.36. The number of nitrogens with zero attached hydrogens (tertiary/aromatic N) is 1. The van der Waals surface area contributed by atoms with Crippen molar-refractivity contribution in [3.8, 4) is 0 Å². The highest BCUT2D eigenvalue weighted by molar-refractivity contribution is 5.49. The minimum atomic E-state index is 0.448. The van der Waals surface area contributed by atoms with Gasteiger partial charge in [-0.2, -0.15) is 0 Å². The summed E-state index contributed by atoms with van der Waals surface area (Å²) >= 11 is 0. The fraction of sp³-hybridized carbons (Fsp3) is 0.684. The van der Waals surface area contributed by atoms with Gasteiger partial charge in [0.2, 0.25) is 0 Å². The Morgan fingerprint density at radius 1 is 1.10 bits per heavy atom. The van der Waals surface area contributed by atoms with Gasteiger partial charge in [0.1, 0.15) is 0 Å². The topological polar surface area (TPSA) is 15.3 Å². The van der Waals surface area contributed by atoms with Crippen LogP contribution in [0.1, 0.15) is 70.9 Å². The molecule has 1 aromatic rings. The van der Waals surface area contributed by atoms with Gasteiger partial charge in [-0.05, 0) is 57.4 Å². The first kappa shape index (κ1) is 16.4. The molecular formula is C19H32N2. The van der Waals surface area contributed by atoms with E-state index in [4.69, 9.17) is 0 Å². The Hall–Kier alpha value is -1.02. The van der Waals surface area contributed by atoms with Crippen molar-refractivity contribution in [1.29, 1.82) is 0 Å². The summed E-state index contributed by atoms with van der Waals surface area (Å²) in [5.41, 5.74) is 2.79. The molecule has 118 valence electrons. The molecule has 1 unspecified atom stereocenters. The van der Waals surface area contributed by atoms with Crippen molar-refractivity contribution in [1.82, 2.24) is 5.32 Å². The monoisotopic (exact) mass is 288 g/mol. The number of hydrogen-bond acceptors (Lipinski definition) is 2. The van der Waals surface area contributed by atoms with Gasteiger partial charge in [-0.15, -0.1) is 0 Å². The normalized spacial score (nSPS) is 17.7. The lowest BCUT2D eigenvalue weighted by atomic mass is 9.93. The van der Waals surface area contributed by atoms with Crippen LogP contribution in [0.3, 0.4) is 0 Å². The number of hydrogen-bond donors (Lipinski definition) is 1. The van der Waals surface area contributed by atoms with Gasteiger partial charge in [0.25, 0.3) is 0 Å². The number of anilines is 1. The molecule has 0 spiro atoms. The molecule has 0 aromatic heterocycles. The Balaban J connectivity index is 2.02. The first-order chi connectivity index (χ1) is 10.3. The molecular weight excluding hydrogens is 256 g/mol. The molecule has 1 atom stereocenters. The van der Waals surface area contributed by atoms with Crippen LogP contribution in [0.5, 0.6) is 0 Å². The van der Waals surface area contributed by atoms with Crippen LogP contribution in [0, 0.1) is 0 Å². The van der Waals surface area contributed by atoms with Crippen molar-refractivity contribution >= 4 is 5.69 Å². The zero-order valence-electron chi connectivity index (χ0n) is 14.1. The van der Waals surface area contributed by atoms with Crippen LogP contribution >= 0.6 is 0 Å². The van der Waals surface area contributed by atoms with Gasteiger partial charge in [-0.25, -0.2) is 0 Å². The van der Waals surface area contributed by atoms with Gasteiger partial charge < -0.3 is 10.2 Å². The van der Waals surface area contributed by atoms with Crippen LogP contribution in [0.2, 0.25) is 0 Å². The lowest BCUT2D eigenvalue weighted by molar-refractivity contribution is 0.418. The first-order valence-electron chi connectivity index (χ1n) is 8.86. The Kier molecular flexibility index (Phi) is 6.56. The van der Waals surface area contributed by atoms with Crippen LogP contribution in [-0.2, 0) is 0 Å². The van der Waals surface area contributed by atoms with Crippen LogP contribution in [-0.4, -0.2) is 19.1 Å². The molecule has 1 aliphatic rings. The van der Waals surface area contributed by atoms with E-state index in [1.807, 2.05) is 0 Å². The maximum absolute atomic E-state index is 3.56. The molecule has 0 heterocycles. The summed E-state index contributed by atoms with van der Waals surface area (Å²) in [5, 5.41) is 3.56. The Morgan fingerprint density at radius 2 is 1.76 bits per heavy atom. The van der Waals surface area contributed by atoms with E-state index in [0.29, 0.717) is 6.04 Å². The molecule has 1 saturated carbocycles. The predicted molar refractivity (Wildman–Crippen MR) is 93.0 cm³/mol. The summed E-state index contributed by atoms with van der Waals surface area (Å²) in [6.07, 6.45) is 8.14. The maximum atomic E-state index is 3.56. The molecule has 1 N–H and O–H groups in total. The van der Waals surface area contributed by atoms with Gasteiger partial charge >= 0.3 is 0 Å². The van der Waals surface area contributed by atoms with Gasteiger partial charge in [0.05, 0.1) is 0 Å². The van der Waals surface area contributed by atoms with Crippen LogP contribution in [0.4, 0.5) is 5.69 Å². The van der Waals surface area contributed by atoms with Crippen molar-refractivity contribution in [2.24, 2.45) is 0 Å². The summed E-state index contributed by atoms with van der Waals surface area (Å²) in [7, 11) is 0. The van der Waals surface area contributed by atoms with E-state index in [0.717, 1.165) is 19.1 Å². The average molecular weight is 288 g/mol. The maximum Gasteiger partial charge on any atom is 0.0368 e. The highest BCUT2D eigenvalue weighted by Crippen LogP contribution is 2.28. The highest BCUT2D eigenvalue weighted by Gasteiger charge is 2.20. The zero-order valence-corrected chi connectivity index (χ0v) is 14.1. The third-order valence-electron chi connectivity index (χ3n) is 4.78. The van der Waals surface area contributed by atoms with E-state index in [9.17, 15) is 0 Å². The van der Waals surface area contributed by atoms with E-state index in [1.165, 1.54) is 49.8 Å². The van der Waals surface area contributed by atoms with Crippen molar-refractivity contribution in [2.45, 2.75) is 71.4 Å². The summed E-state index contributed by atoms with van der Waals surface area (Å²) in [5.74, 6) is 0. The minimum Gasteiger partial charge on any atom is -0.369 e. The molecule has 2 nitrogen and oxygen atoms in total. The van der Waals surface area contributed by atoms with Gasteiger partial charge in [0, 0.05) is 24.3 Å². The average Bonchev–Trinajstić information content (AvgIpc) is 2.55. The Bertz CT molecular complexity index is 393. The second kappa shape index (κ2) is 8.43. The van der Waals surface area contributed by atoms with E-state index < -0.39 is 0 Å². The van der Waals surface area contributed by atoms with Gasteiger partial charge in [-0.3, -0.25) is 0 Å². The van der Waals surface area contributed by atoms with Crippen LogP contribution in [0.15, 0.2) is 24.3 Å². The van der Waals surface area contributed by atoms with E-state index >= 15 is 0 Å². The van der Waals surface area contributed by atoms with Crippen molar-refractivity contribution in [2.75, 3.05) is 18.0 Å². The van der Waals surface area contributed by atoms with E-state index in [-0.39, 0.29) is 0 Å². The Labute approximate surface area is 130 Å². The molecule has 1 aromatic carbocycles. The molecule has 0 bridgehead atoms. The fourth-order valence-corrected chi connectivity index (χ4v) is 3.48. The second-order valence-corrected chi connectivity index (χ2v) is 6.35. The molecule has 0 aliphatic heterocycles. The molecule has 1 fully saturated rings. The molecule has 2 rings (SSSR count). The SMILES string of the molecule is CCCNC(C)c1ccc(N(CC)C2CCCCC2)cc1. The zero-order chi connectivity index (χ0) is 15.1. The van der Waals surface area contributed by atoms with Crippen LogP contribution in [0.25, 0.3) is 0 Å². The third-order valence-corrected chi connectivity index (χ3v) is 4.78. The lowest BCUT2D eigenvalue weighted by Gasteiger charge is -2.35. The summed E-state index contributed by atoms with van der Waals surface area (Å²) in [6, 6.07) is 10.4. The largest absolute Gasteiger partial charge is 0.369 e. The quantitative estimate of drug-likeness (QED) is 0.767. The summed E-state index contributed by atoms with van der Waals surface area (Å²) < 4.78 is 0. The third kappa shape index (κ3) is 4.47. The highest BCUT2D eigenvalue weighted by atomic mass is 15.2. The van der Waals surface area contributed by atoms with E-state index in [2.05, 4.69) is 55.3 Å². The summed E-state index contributed by atoms with van der Waals surface area (Å²) in [6.45, 7) is 8.96. The summed E-state index contributed by atoms with van der Waals surface area (Å²) in [4.78, 5) is 2.60. The van der Waals surface area contributed by atoms with Crippen molar-refractivity contribution < 1.29 is 0 Å².